The Bertz CT molecular complexity index is 1100. The summed E-state index contributed by atoms with van der Waals surface area (Å²) in [4.78, 5) is 29.7. The molecule has 0 radical (unpaired) electrons. The average Bonchev–Trinajstić information content (AvgIpc) is 2.67. The Kier molecular flexibility index (Phi) is 4.27. The molecular weight excluding hydrogens is 367 g/mol. The molecule has 0 fully saturated rings. The van der Waals surface area contributed by atoms with E-state index < -0.39 is 6.17 Å². The van der Waals surface area contributed by atoms with Crippen LogP contribution in [-0.4, -0.2) is 22.2 Å². The number of rotatable bonds is 2. The first-order valence-electron chi connectivity index (χ1n) is 8.26. The molecule has 4 rings (SSSR count). The van der Waals surface area contributed by atoms with E-state index >= 15 is 0 Å². The van der Waals surface area contributed by atoms with E-state index in [-0.39, 0.29) is 17.3 Å². The van der Waals surface area contributed by atoms with E-state index in [1.165, 1.54) is 30.8 Å². The van der Waals surface area contributed by atoms with Crippen LogP contribution in [0.3, 0.4) is 0 Å². The fraction of sp³-hybridized carbons (Fsp3) is 0.158. The predicted molar refractivity (Wildman–Crippen MR) is 100.0 cm³/mol. The molecule has 6 nitrogen and oxygen atoms in total. The number of carbonyl (C=O) groups excluding carboxylic acids is 1. The van der Waals surface area contributed by atoms with Gasteiger partial charge in [0.25, 0.3) is 6.17 Å². The number of nitrogens with one attached hydrogen (secondary N) is 1. The summed E-state index contributed by atoms with van der Waals surface area (Å²) in [6.07, 6.45) is 1.11. The Labute approximate surface area is 158 Å². The van der Waals surface area contributed by atoms with Crippen LogP contribution < -0.4 is 15.1 Å². The van der Waals surface area contributed by atoms with E-state index in [9.17, 15) is 14.0 Å². The molecule has 0 spiro atoms. The van der Waals surface area contributed by atoms with Crippen LogP contribution in [0.25, 0.3) is 11.3 Å². The van der Waals surface area contributed by atoms with Gasteiger partial charge in [-0.2, -0.15) is 0 Å². The highest BCUT2D eigenvalue weighted by atomic mass is 32.2. The largest absolute Gasteiger partial charge is 0.325 e. The summed E-state index contributed by atoms with van der Waals surface area (Å²) in [6, 6.07) is 13.1. The Balaban J connectivity index is 2.08. The summed E-state index contributed by atoms with van der Waals surface area (Å²) in [5.41, 5.74) is 1.95. The standard InChI is InChI=1S/C19H15FN4O2S/c1-11(25)23-15-6-4-3-5-14(15)16-17(26)21-19(27-2)22-24(16)18(23)12-7-9-13(20)10-8-12/h3-10,18H,1-2H3/p+1. The quantitative estimate of drug-likeness (QED) is 0.545. The van der Waals surface area contributed by atoms with Crippen LogP contribution in [0.1, 0.15) is 18.7 Å². The zero-order chi connectivity index (χ0) is 19.1. The Morgan fingerprint density at radius 2 is 1.93 bits per heavy atom. The molecule has 3 aromatic rings. The molecule has 136 valence electrons. The summed E-state index contributed by atoms with van der Waals surface area (Å²) < 4.78 is 15.0. The molecule has 1 N–H and O–H groups in total. The lowest BCUT2D eigenvalue weighted by atomic mass is 10.0. The number of fused-ring (bicyclic) bond motifs is 3. The Morgan fingerprint density at radius 1 is 1.22 bits per heavy atom. The molecule has 1 atom stereocenters. The second-order valence-corrected chi connectivity index (χ2v) is 6.88. The van der Waals surface area contributed by atoms with E-state index in [4.69, 9.17) is 0 Å². The van der Waals surface area contributed by atoms with Crippen molar-refractivity contribution >= 4 is 23.4 Å². The molecule has 0 saturated heterocycles. The van der Waals surface area contributed by atoms with Crippen molar-refractivity contribution < 1.29 is 13.9 Å². The van der Waals surface area contributed by atoms with Gasteiger partial charge in [0.05, 0.1) is 11.3 Å². The molecule has 2 aromatic carbocycles. The van der Waals surface area contributed by atoms with Gasteiger partial charge in [-0.25, -0.2) is 9.29 Å². The number of H-pyrrole nitrogens is 1. The van der Waals surface area contributed by atoms with Crippen molar-refractivity contribution in [2.75, 3.05) is 11.2 Å². The van der Waals surface area contributed by atoms with E-state index in [1.807, 2.05) is 12.1 Å². The fourth-order valence-electron chi connectivity index (χ4n) is 3.34. The predicted octanol–water partition coefficient (Wildman–Crippen LogP) is 2.50. The number of aromatic nitrogens is 3. The van der Waals surface area contributed by atoms with Gasteiger partial charge in [0.1, 0.15) is 5.82 Å². The minimum absolute atomic E-state index is 0.206. The molecule has 1 aliphatic heterocycles. The first kappa shape index (κ1) is 17.4. The zero-order valence-electron chi connectivity index (χ0n) is 14.6. The topological polar surface area (TPSA) is 69.9 Å². The van der Waals surface area contributed by atoms with Gasteiger partial charge in [0.15, 0.2) is 0 Å². The maximum Gasteiger partial charge on any atom is 0.325 e. The fourth-order valence-corrected chi connectivity index (χ4v) is 3.70. The van der Waals surface area contributed by atoms with Crippen LogP contribution >= 0.6 is 11.8 Å². The summed E-state index contributed by atoms with van der Waals surface area (Å²) >= 11 is 1.30. The molecule has 0 bridgehead atoms. The third-order valence-corrected chi connectivity index (χ3v) is 5.03. The van der Waals surface area contributed by atoms with Crippen LogP contribution in [-0.2, 0) is 4.79 Å². The number of anilines is 1. The summed E-state index contributed by atoms with van der Waals surface area (Å²) in [7, 11) is 0. The zero-order valence-corrected chi connectivity index (χ0v) is 15.5. The Morgan fingerprint density at radius 3 is 2.59 bits per heavy atom. The number of aromatic amines is 1. The number of amides is 1. The second kappa shape index (κ2) is 6.62. The molecule has 1 aliphatic rings. The Hall–Kier alpha value is -3.00. The van der Waals surface area contributed by atoms with Crippen LogP contribution in [0.4, 0.5) is 10.1 Å². The lowest BCUT2D eigenvalue weighted by Crippen LogP contribution is -2.60. The first-order valence-corrected chi connectivity index (χ1v) is 9.48. The number of para-hydroxylation sites is 1. The van der Waals surface area contributed by atoms with Gasteiger partial charge >= 0.3 is 11.3 Å². The van der Waals surface area contributed by atoms with Crippen molar-refractivity contribution in [1.82, 2.24) is 10.1 Å². The molecule has 0 saturated carbocycles. The van der Waals surface area contributed by atoms with E-state index in [0.29, 0.717) is 27.7 Å². The molecule has 1 aromatic heterocycles. The van der Waals surface area contributed by atoms with Crippen molar-refractivity contribution in [2.45, 2.75) is 18.2 Å². The van der Waals surface area contributed by atoms with Crippen molar-refractivity contribution in [3.8, 4) is 11.3 Å². The number of carbonyl (C=O) groups is 1. The molecular formula is C19H16FN4O2S+. The summed E-state index contributed by atoms with van der Waals surface area (Å²) in [6.45, 7) is 1.46. The highest BCUT2D eigenvalue weighted by Gasteiger charge is 2.44. The molecule has 1 unspecified atom stereocenters. The SMILES string of the molecule is CSc1n[n+]2c(c(=O)[nH]1)-c1ccccc1N(C(C)=O)C2c1ccc(F)cc1. The van der Waals surface area contributed by atoms with Crippen LogP contribution in [0.2, 0.25) is 0 Å². The number of nitrogens with zero attached hydrogens (tertiary/aromatic N) is 3. The van der Waals surface area contributed by atoms with Crippen molar-refractivity contribution in [2.24, 2.45) is 0 Å². The van der Waals surface area contributed by atoms with Gasteiger partial charge in [0, 0.05) is 17.6 Å². The van der Waals surface area contributed by atoms with E-state index in [1.54, 1.807) is 40.1 Å². The molecule has 27 heavy (non-hydrogen) atoms. The maximum absolute atomic E-state index is 13.5. The maximum atomic E-state index is 13.5. The summed E-state index contributed by atoms with van der Waals surface area (Å²) in [5.74, 6) is -0.582. The third kappa shape index (κ3) is 2.82. The van der Waals surface area contributed by atoms with Gasteiger partial charge in [0.2, 0.25) is 11.1 Å². The van der Waals surface area contributed by atoms with Gasteiger partial charge in [-0.05, 0) is 47.3 Å². The van der Waals surface area contributed by atoms with Crippen LogP contribution in [0.15, 0.2) is 58.5 Å². The van der Waals surface area contributed by atoms with Gasteiger partial charge in [-0.15, -0.1) is 0 Å². The number of hydrogen-bond donors (Lipinski definition) is 1. The van der Waals surface area contributed by atoms with E-state index in [0.717, 1.165) is 0 Å². The molecule has 2 heterocycles. The first-order chi connectivity index (χ1) is 13.0. The average molecular weight is 383 g/mol. The number of benzene rings is 2. The molecule has 0 aliphatic carbocycles. The molecule has 8 heteroatoms. The van der Waals surface area contributed by atoms with Crippen LogP contribution in [0.5, 0.6) is 0 Å². The van der Waals surface area contributed by atoms with Crippen molar-refractivity contribution in [3.05, 3.63) is 70.3 Å². The van der Waals surface area contributed by atoms with Gasteiger partial charge < -0.3 is 0 Å². The number of thioether (sulfide) groups is 1. The number of halogens is 1. The minimum atomic E-state index is -0.693. The highest BCUT2D eigenvalue weighted by Crippen LogP contribution is 2.37. The third-order valence-electron chi connectivity index (χ3n) is 4.46. The number of hydrogen-bond acceptors (Lipinski definition) is 4. The second-order valence-electron chi connectivity index (χ2n) is 6.09. The minimum Gasteiger partial charge on any atom is -0.291 e. The van der Waals surface area contributed by atoms with Crippen LogP contribution in [0, 0.1) is 5.82 Å². The monoisotopic (exact) mass is 383 g/mol. The normalized spacial score (nSPS) is 15.2. The van der Waals surface area contributed by atoms with Gasteiger partial charge in [-0.1, -0.05) is 23.9 Å². The van der Waals surface area contributed by atoms with Crippen molar-refractivity contribution in [3.63, 3.8) is 0 Å². The highest BCUT2D eigenvalue weighted by molar-refractivity contribution is 7.98. The smallest absolute Gasteiger partial charge is 0.291 e. The van der Waals surface area contributed by atoms with Gasteiger partial charge in [-0.3, -0.25) is 14.6 Å². The lowest BCUT2D eigenvalue weighted by Gasteiger charge is -2.31. The van der Waals surface area contributed by atoms with Crippen molar-refractivity contribution in [1.29, 1.82) is 0 Å². The van der Waals surface area contributed by atoms with E-state index in [2.05, 4.69) is 10.1 Å². The summed E-state index contributed by atoms with van der Waals surface area (Å²) in [5, 5.41) is 4.97. The molecule has 1 amide bonds. The lowest BCUT2D eigenvalue weighted by molar-refractivity contribution is -0.763.